The van der Waals surface area contributed by atoms with Crippen LogP contribution in [0.25, 0.3) is 11.0 Å². The summed E-state index contributed by atoms with van der Waals surface area (Å²) < 4.78 is 43.0. The molecule has 2 heterocycles. The fourth-order valence-corrected chi connectivity index (χ4v) is 5.64. The second-order valence-electron chi connectivity index (χ2n) is 9.01. The van der Waals surface area contributed by atoms with Gasteiger partial charge in [-0.25, -0.2) is 17.8 Å². The highest BCUT2D eigenvalue weighted by Gasteiger charge is 2.29. The van der Waals surface area contributed by atoms with Crippen LogP contribution in [-0.2, 0) is 23.6 Å². The molecule has 0 unspecified atom stereocenters. The van der Waals surface area contributed by atoms with Gasteiger partial charge in [-0.1, -0.05) is 0 Å². The zero-order chi connectivity index (χ0) is 24.6. The number of aromatic nitrogens is 2. The smallest absolute Gasteiger partial charge is 0.251 e. The number of carbonyl (C=O) groups is 1. The number of piperazine rings is 1. The van der Waals surface area contributed by atoms with Crippen LogP contribution in [-0.4, -0.2) is 65.3 Å². The lowest BCUT2D eigenvalue weighted by Gasteiger charge is -2.33. The van der Waals surface area contributed by atoms with Crippen LogP contribution in [0.4, 0.5) is 4.39 Å². The second-order valence-corrected chi connectivity index (χ2v) is 10.9. The van der Waals surface area contributed by atoms with Crippen LogP contribution in [0.1, 0.15) is 35.6 Å². The van der Waals surface area contributed by atoms with E-state index in [1.54, 1.807) is 19.1 Å². The minimum Gasteiger partial charge on any atom is -0.350 e. The highest BCUT2D eigenvalue weighted by molar-refractivity contribution is 7.89. The quantitative estimate of drug-likeness (QED) is 0.578. The first-order valence-corrected chi connectivity index (χ1v) is 12.7. The van der Waals surface area contributed by atoms with Gasteiger partial charge >= 0.3 is 0 Å². The molecule has 1 aliphatic rings. The Morgan fingerprint density at radius 2 is 1.82 bits per heavy atom. The van der Waals surface area contributed by atoms with Gasteiger partial charge < -0.3 is 9.88 Å². The molecular weight excluding hydrogens is 457 g/mol. The van der Waals surface area contributed by atoms with Gasteiger partial charge in [0.2, 0.25) is 10.0 Å². The van der Waals surface area contributed by atoms with Gasteiger partial charge in [-0.05, 0) is 62.7 Å². The number of nitrogens with one attached hydrogen (secondary N) is 1. The number of benzene rings is 2. The van der Waals surface area contributed by atoms with E-state index >= 15 is 0 Å². The lowest BCUT2D eigenvalue weighted by atomic mass is 10.2. The molecule has 0 saturated carbocycles. The van der Waals surface area contributed by atoms with E-state index in [1.165, 1.54) is 22.5 Å². The normalized spacial score (nSPS) is 15.8. The van der Waals surface area contributed by atoms with Gasteiger partial charge in [0.1, 0.15) is 11.6 Å². The number of aryl methyl sites for hydroxylation is 2. The summed E-state index contributed by atoms with van der Waals surface area (Å²) in [5.41, 5.74) is 2.57. The highest BCUT2D eigenvalue weighted by Crippen LogP contribution is 2.22. The third kappa shape index (κ3) is 4.84. The molecule has 34 heavy (non-hydrogen) atoms. The number of amides is 1. The molecule has 3 aromatic rings. The van der Waals surface area contributed by atoms with Crippen molar-refractivity contribution in [2.75, 3.05) is 26.2 Å². The van der Waals surface area contributed by atoms with Gasteiger partial charge in [-0.15, -0.1) is 0 Å². The lowest BCUT2D eigenvalue weighted by Crippen LogP contribution is -2.48. The molecule has 2 aromatic carbocycles. The molecule has 182 valence electrons. The van der Waals surface area contributed by atoms with Crippen molar-refractivity contribution >= 4 is 27.0 Å². The average molecular weight is 488 g/mol. The van der Waals surface area contributed by atoms with Crippen molar-refractivity contribution in [3.8, 4) is 0 Å². The van der Waals surface area contributed by atoms with Crippen molar-refractivity contribution in [2.24, 2.45) is 7.05 Å². The van der Waals surface area contributed by atoms with Gasteiger partial charge in [0, 0.05) is 44.8 Å². The highest BCUT2D eigenvalue weighted by atomic mass is 32.2. The zero-order valence-corrected chi connectivity index (χ0v) is 20.7. The summed E-state index contributed by atoms with van der Waals surface area (Å²) in [5.74, 6) is 0.304. The topological polar surface area (TPSA) is 87.5 Å². The maximum absolute atomic E-state index is 13.6. The molecule has 1 saturated heterocycles. The van der Waals surface area contributed by atoms with Crippen LogP contribution in [0, 0.1) is 12.7 Å². The number of rotatable bonds is 6. The first-order valence-electron chi connectivity index (χ1n) is 11.3. The Labute approximate surface area is 199 Å². The average Bonchev–Trinajstić information content (AvgIpc) is 3.10. The number of hydrogen-bond acceptors (Lipinski definition) is 5. The lowest BCUT2D eigenvalue weighted by molar-refractivity contribution is 0.0943. The summed E-state index contributed by atoms with van der Waals surface area (Å²) in [5, 5.41) is 2.89. The first-order chi connectivity index (χ1) is 16.1. The van der Waals surface area contributed by atoms with E-state index in [0.29, 0.717) is 43.9 Å². The van der Waals surface area contributed by atoms with Crippen molar-refractivity contribution < 1.29 is 17.6 Å². The van der Waals surface area contributed by atoms with Crippen molar-refractivity contribution in [1.29, 1.82) is 0 Å². The molecule has 1 aliphatic heterocycles. The number of carbonyl (C=O) groups excluding carboxylic acids is 1. The molecule has 10 heteroatoms. The number of imidazole rings is 1. The molecule has 8 nitrogen and oxygen atoms in total. The summed E-state index contributed by atoms with van der Waals surface area (Å²) in [4.78, 5) is 19.3. The Hall–Kier alpha value is -2.82. The number of fused-ring (bicyclic) bond motifs is 1. The van der Waals surface area contributed by atoms with Crippen LogP contribution >= 0.6 is 0 Å². The van der Waals surface area contributed by atoms with Gasteiger partial charge in [0.25, 0.3) is 5.91 Å². The maximum Gasteiger partial charge on any atom is 0.251 e. The van der Waals surface area contributed by atoms with E-state index < -0.39 is 15.8 Å². The first kappa shape index (κ1) is 24.3. The Kier molecular flexibility index (Phi) is 6.75. The maximum atomic E-state index is 13.6. The van der Waals surface area contributed by atoms with Crippen LogP contribution in [0.3, 0.4) is 0 Å². The molecular formula is C24H30FN5O3S. The molecule has 0 spiro atoms. The summed E-state index contributed by atoms with van der Waals surface area (Å²) in [6.07, 6.45) is 0. The summed E-state index contributed by atoms with van der Waals surface area (Å²) in [6, 6.07) is 9.44. The third-order valence-corrected chi connectivity index (χ3v) is 8.01. The van der Waals surface area contributed by atoms with Crippen molar-refractivity contribution in [1.82, 2.24) is 24.1 Å². The van der Waals surface area contributed by atoms with Gasteiger partial charge in [0.15, 0.2) is 0 Å². The van der Waals surface area contributed by atoms with Crippen LogP contribution in [0.2, 0.25) is 0 Å². The van der Waals surface area contributed by atoms with Crippen LogP contribution in [0.5, 0.6) is 0 Å². The molecule has 1 N–H and O–H groups in total. The molecule has 1 aromatic heterocycles. The fourth-order valence-electron chi connectivity index (χ4n) is 4.13. The second kappa shape index (κ2) is 9.44. The Morgan fingerprint density at radius 3 is 2.47 bits per heavy atom. The zero-order valence-electron chi connectivity index (χ0n) is 19.9. The molecule has 0 radical (unpaired) electrons. The van der Waals surface area contributed by atoms with Gasteiger partial charge in [-0.3, -0.25) is 9.69 Å². The number of sulfonamides is 1. The number of hydrogen-bond donors (Lipinski definition) is 1. The Balaban J connectivity index is 1.44. The van der Waals surface area contributed by atoms with Gasteiger partial charge in [0.05, 0.1) is 22.5 Å². The van der Waals surface area contributed by atoms with Gasteiger partial charge in [-0.2, -0.15) is 4.31 Å². The van der Waals surface area contributed by atoms with E-state index in [1.807, 2.05) is 31.5 Å². The Bertz CT molecular complexity index is 1330. The van der Waals surface area contributed by atoms with E-state index in [0.717, 1.165) is 16.9 Å². The fraction of sp³-hybridized carbons (Fsp3) is 0.417. The number of halogens is 1. The SMILES string of the molecule is Cc1cc(S(=O)(=O)N2CCN(Cc3nc4cc(C(=O)NC(C)C)ccc4n3C)CC2)ccc1F. The number of nitrogens with zero attached hydrogens (tertiary/aromatic N) is 4. The van der Waals surface area contributed by atoms with Crippen LogP contribution in [0.15, 0.2) is 41.3 Å². The minimum atomic E-state index is -3.67. The molecule has 0 aliphatic carbocycles. The molecule has 0 atom stereocenters. The minimum absolute atomic E-state index is 0.0528. The Morgan fingerprint density at radius 1 is 1.12 bits per heavy atom. The summed E-state index contributed by atoms with van der Waals surface area (Å²) >= 11 is 0. The predicted octanol–water partition coefficient (Wildman–Crippen LogP) is 2.67. The van der Waals surface area contributed by atoms with E-state index in [4.69, 9.17) is 4.98 Å². The van der Waals surface area contributed by atoms with Crippen molar-refractivity contribution in [3.63, 3.8) is 0 Å². The van der Waals surface area contributed by atoms with E-state index in [9.17, 15) is 17.6 Å². The molecule has 1 fully saturated rings. The molecule has 0 bridgehead atoms. The van der Waals surface area contributed by atoms with E-state index in [-0.39, 0.29) is 16.8 Å². The van der Waals surface area contributed by atoms with E-state index in [2.05, 4.69) is 10.2 Å². The predicted molar refractivity (Wildman–Crippen MR) is 128 cm³/mol. The summed E-state index contributed by atoms with van der Waals surface area (Å²) in [7, 11) is -1.73. The van der Waals surface area contributed by atoms with Crippen molar-refractivity contribution in [2.45, 2.75) is 38.3 Å². The standard InChI is InChI=1S/C24H30FN5O3S/c1-16(2)26-24(31)18-5-8-22-21(14-18)27-23(28(22)4)15-29-9-11-30(12-10-29)34(32,33)19-6-7-20(25)17(3)13-19/h5-8,13-14,16H,9-12,15H2,1-4H3,(H,26,31). The van der Waals surface area contributed by atoms with Crippen molar-refractivity contribution in [3.05, 3.63) is 59.2 Å². The summed E-state index contributed by atoms with van der Waals surface area (Å²) in [6.45, 7) is 7.78. The monoisotopic (exact) mass is 487 g/mol. The molecule has 1 amide bonds. The largest absolute Gasteiger partial charge is 0.350 e. The van der Waals surface area contributed by atoms with Crippen LogP contribution < -0.4 is 5.32 Å². The molecule has 4 rings (SSSR count). The third-order valence-electron chi connectivity index (χ3n) is 6.12.